The maximum absolute atomic E-state index is 13.6. The highest BCUT2D eigenvalue weighted by Crippen LogP contribution is 2.20. The number of hydrogen-bond donors (Lipinski definition) is 2. The molecule has 2 amide bonds. The standard InChI is InChI=1S/C18H24FN3O4/c19-15-4-2-1-3-14(15)17(24)21-6-5-16(23)22-8-10-26-18(12-22)11-20-7-9-25-13-18/h1-4,20H,5-13H2,(H,21,24). The Morgan fingerprint density at radius 2 is 2.15 bits per heavy atom. The summed E-state index contributed by atoms with van der Waals surface area (Å²) < 4.78 is 25.0. The lowest BCUT2D eigenvalue weighted by atomic mass is 10.0. The number of nitrogens with zero attached hydrogens (tertiary/aromatic N) is 1. The molecule has 1 atom stereocenters. The van der Waals surface area contributed by atoms with Crippen molar-refractivity contribution in [2.24, 2.45) is 0 Å². The molecule has 8 heteroatoms. The van der Waals surface area contributed by atoms with Crippen molar-refractivity contribution >= 4 is 11.8 Å². The molecule has 2 saturated heterocycles. The third-order valence-corrected chi connectivity index (χ3v) is 4.58. The highest BCUT2D eigenvalue weighted by atomic mass is 19.1. The molecular formula is C18H24FN3O4. The monoisotopic (exact) mass is 365 g/mol. The van der Waals surface area contributed by atoms with Crippen molar-refractivity contribution in [3.8, 4) is 0 Å². The van der Waals surface area contributed by atoms with Crippen LogP contribution in [0.5, 0.6) is 0 Å². The zero-order valence-electron chi connectivity index (χ0n) is 14.6. The molecule has 2 aliphatic heterocycles. The van der Waals surface area contributed by atoms with E-state index in [-0.39, 0.29) is 24.4 Å². The van der Waals surface area contributed by atoms with Crippen molar-refractivity contribution in [1.82, 2.24) is 15.5 Å². The molecule has 0 aliphatic carbocycles. The van der Waals surface area contributed by atoms with E-state index in [9.17, 15) is 14.0 Å². The number of amides is 2. The number of morpholine rings is 1. The van der Waals surface area contributed by atoms with Gasteiger partial charge in [0.25, 0.3) is 5.91 Å². The summed E-state index contributed by atoms with van der Waals surface area (Å²) in [5.41, 5.74) is -0.534. The fraction of sp³-hybridized carbons (Fsp3) is 0.556. The lowest BCUT2D eigenvalue weighted by Gasteiger charge is -2.41. The van der Waals surface area contributed by atoms with Gasteiger partial charge in [-0.2, -0.15) is 0 Å². The second kappa shape index (κ2) is 8.57. The van der Waals surface area contributed by atoms with E-state index in [0.717, 1.165) is 6.54 Å². The van der Waals surface area contributed by atoms with Crippen molar-refractivity contribution in [2.45, 2.75) is 12.0 Å². The fourth-order valence-electron chi connectivity index (χ4n) is 3.20. The predicted molar refractivity (Wildman–Crippen MR) is 92.3 cm³/mol. The van der Waals surface area contributed by atoms with Crippen LogP contribution in [-0.4, -0.2) is 74.9 Å². The molecule has 1 aromatic carbocycles. The Kier molecular flexibility index (Phi) is 6.18. The molecule has 2 aliphatic rings. The van der Waals surface area contributed by atoms with Crippen molar-refractivity contribution in [3.05, 3.63) is 35.6 Å². The highest BCUT2D eigenvalue weighted by Gasteiger charge is 2.39. The van der Waals surface area contributed by atoms with Gasteiger partial charge in [0.05, 0.1) is 31.9 Å². The Hall–Kier alpha value is -2.03. The van der Waals surface area contributed by atoms with Crippen molar-refractivity contribution in [3.63, 3.8) is 0 Å². The highest BCUT2D eigenvalue weighted by molar-refractivity contribution is 5.94. The van der Waals surface area contributed by atoms with Crippen LogP contribution in [0.1, 0.15) is 16.8 Å². The molecule has 0 saturated carbocycles. The van der Waals surface area contributed by atoms with Gasteiger partial charge in [0.15, 0.2) is 0 Å². The van der Waals surface area contributed by atoms with E-state index in [1.54, 1.807) is 11.0 Å². The Balaban J connectivity index is 1.48. The maximum atomic E-state index is 13.6. The quantitative estimate of drug-likeness (QED) is 0.795. The van der Waals surface area contributed by atoms with Crippen LogP contribution in [0.3, 0.4) is 0 Å². The van der Waals surface area contributed by atoms with E-state index in [1.165, 1.54) is 18.2 Å². The number of nitrogens with one attached hydrogen (secondary N) is 2. The van der Waals surface area contributed by atoms with E-state index in [2.05, 4.69) is 10.6 Å². The van der Waals surface area contributed by atoms with E-state index in [4.69, 9.17) is 9.47 Å². The van der Waals surface area contributed by atoms with Crippen LogP contribution >= 0.6 is 0 Å². The molecule has 0 radical (unpaired) electrons. The summed E-state index contributed by atoms with van der Waals surface area (Å²) >= 11 is 0. The Morgan fingerprint density at radius 1 is 1.31 bits per heavy atom. The molecule has 2 N–H and O–H groups in total. The molecule has 1 spiro atoms. The third-order valence-electron chi connectivity index (χ3n) is 4.58. The van der Waals surface area contributed by atoms with Crippen LogP contribution in [0, 0.1) is 5.82 Å². The lowest BCUT2D eigenvalue weighted by Crippen LogP contribution is -2.59. The zero-order chi connectivity index (χ0) is 18.4. The Bertz CT molecular complexity index is 647. The van der Waals surface area contributed by atoms with Gasteiger partial charge in [-0.3, -0.25) is 9.59 Å². The molecule has 1 unspecified atom stereocenters. The lowest BCUT2D eigenvalue weighted by molar-refractivity contribution is -0.158. The normalized spacial score (nSPS) is 23.5. The molecule has 1 aromatic rings. The van der Waals surface area contributed by atoms with Gasteiger partial charge in [-0.05, 0) is 12.1 Å². The van der Waals surface area contributed by atoms with Gasteiger partial charge in [-0.25, -0.2) is 4.39 Å². The summed E-state index contributed by atoms with van der Waals surface area (Å²) in [6.07, 6.45) is 0.157. The van der Waals surface area contributed by atoms with Crippen LogP contribution in [-0.2, 0) is 14.3 Å². The maximum Gasteiger partial charge on any atom is 0.254 e. The fourth-order valence-corrected chi connectivity index (χ4v) is 3.20. The summed E-state index contributed by atoms with van der Waals surface area (Å²) in [6, 6.07) is 5.77. The molecule has 2 fully saturated rings. The van der Waals surface area contributed by atoms with Gasteiger partial charge in [-0.1, -0.05) is 12.1 Å². The Labute approximate surface area is 151 Å². The zero-order valence-corrected chi connectivity index (χ0v) is 14.6. The molecule has 0 aromatic heterocycles. The van der Waals surface area contributed by atoms with Crippen molar-refractivity contribution in [1.29, 1.82) is 0 Å². The van der Waals surface area contributed by atoms with E-state index in [0.29, 0.717) is 39.5 Å². The third kappa shape index (κ3) is 4.57. The van der Waals surface area contributed by atoms with Crippen molar-refractivity contribution in [2.75, 3.05) is 52.5 Å². The predicted octanol–water partition coefficient (Wildman–Crippen LogP) is 0.163. The van der Waals surface area contributed by atoms with Crippen molar-refractivity contribution < 1.29 is 23.5 Å². The molecule has 2 heterocycles. The average molecular weight is 365 g/mol. The number of hydrogen-bond acceptors (Lipinski definition) is 5. The van der Waals surface area contributed by atoms with Crippen LogP contribution in [0.4, 0.5) is 4.39 Å². The largest absolute Gasteiger partial charge is 0.377 e. The van der Waals surface area contributed by atoms with Gasteiger partial charge >= 0.3 is 0 Å². The van der Waals surface area contributed by atoms with E-state index < -0.39 is 17.3 Å². The van der Waals surface area contributed by atoms with Gasteiger partial charge < -0.3 is 25.0 Å². The minimum Gasteiger partial charge on any atom is -0.377 e. The van der Waals surface area contributed by atoms with Crippen LogP contribution in [0.25, 0.3) is 0 Å². The number of ether oxygens (including phenoxy) is 2. The molecular weight excluding hydrogens is 341 g/mol. The molecule has 0 bridgehead atoms. The van der Waals surface area contributed by atoms with Gasteiger partial charge in [-0.15, -0.1) is 0 Å². The Morgan fingerprint density at radius 3 is 3.00 bits per heavy atom. The molecule has 3 rings (SSSR count). The number of benzene rings is 1. The number of halogens is 1. The summed E-state index contributed by atoms with van der Waals surface area (Å²) in [5, 5.41) is 5.86. The minimum absolute atomic E-state index is 0.0213. The summed E-state index contributed by atoms with van der Waals surface area (Å²) in [7, 11) is 0. The average Bonchev–Trinajstić information content (AvgIpc) is 2.87. The number of carbonyl (C=O) groups excluding carboxylic acids is 2. The SMILES string of the molecule is O=C(NCCC(=O)N1CCOC2(CNCCOC2)C1)c1ccccc1F. The topological polar surface area (TPSA) is 79.9 Å². The summed E-state index contributed by atoms with van der Waals surface area (Å²) in [4.78, 5) is 26.2. The van der Waals surface area contributed by atoms with Gasteiger partial charge in [0.1, 0.15) is 11.4 Å². The molecule has 26 heavy (non-hydrogen) atoms. The minimum atomic E-state index is -0.577. The number of rotatable bonds is 4. The molecule has 142 valence electrons. The first-order chi connectivity index (χ1) is 12.6. The first kappa shape index (κ1) is 18.8. The van der Waals surface area contributed by atoms with Crippen LogP contribution < -0.4 is 10.6 Å². The summed E-state index contributed by atoms with van der Waals surface area (Å²) in [5.74, 6) is -1.16. The van der Waals surface area contributed by atoms with Gasteiger partial charge in [0.2, 0.25) is 5.91 Å². The first-order valence-corrected chi connectivity index (χ1v) is 8.83. The van der Waals surface area contributed by atoms with Crippen LogP contribution in [0.2, 0.25) is 0 Å². The van der Waals surface area contributed by atoms with Crippen LogP contribution in [0.15, 0.2) is 24.3 Å². The van der Waals surface area contributed by atoms with E-state index >= 15 is 0 Å². The van der Waals surface area contributed by atoms with E-state index in [1.807, 2.05) is 0 Å². The number of carbonyl (C=O) groups is 2. The first-order valence-electron chi connectivity index (χ1n) is 8.83. The second-order valence-electron chi connectivity index (χ2n) is 6.56. The van der Waals surface area contributed by atoms with Gasteiger partial charge in [0, 0.05) is 32.6 Å². The second-order valence-corrected chi connectivity index (χ2v) is 6.56. The summed E-state index contributed by atoms with van der Waals surface area (Å²) in [6.45, 7) is 4.07. The molecule has 7 nitrogen and oxygen atoms in total. The smallest absolute Gasteiger partial charge is 0.254 e.